The van der Waals surface area contributed by atoms with E-state index in [1.54, 1.807) is 0 Å². The van der Waals surface area contributed by atoms with Gasteiger partial charge in [-0.2, -0.15) is 18.2 Å². The molecule has 0 atom stereocenters. The highest BCUT2D eigenvalue weighted by Crippen LogP contribution is 2.40. The number of benzene rings is 1. The summed E-state index contributed by atoms with van der Waals surface area (Å²) in [6.45, 7) is 0. The van der Waals surface area contributed by atoms with Crippen molar-refractivity contribution in [2.75, 3.05) is 0 Å². The summed E-state index contributed by atoms with van der Waals surface area (Å²) in [6, 6.07) is 6.28. The van der Waals surface area contributed by atoms with E-state index in [0.29, 0.717) is 5.82 Å². The standard InChI is InChI=1S/C14H10ClF3N2O/c15-11-7-12(20-13(19-11)8-5-6-8)21-10-4-2-1-3-9(10)14(16,17)18/h1-4,7-8H,5-6H2. The third kappa shape index (κ3) is 3.26. The molecule has 0 spiro atoms. The van der Waals surface area contributed by atoms with Gasteiger partial charge in [0.2, 0.25) is 5.88 Å². The highest BCUT2D eigenvalue weighted by Gasteiger charge is 2.34. The molecule has 3 rings (SSSR count). The number of halogens is 4. The fraction of sp³-hybridized carbons (Fsp3) is 0.286. The van der Waals surface area contributed by atoms with E-state index < -0.39 is 11.7 Å². The average Bonchev–Trinajstić information content (AvgIpc) is 3.21. The van der Waals surface area contributed by atoms with Crippen molar-refractivity contribution in [3.05, 3.63) is 46.9 Å². The van der Waals surface area contributed by atoms with Crippen molar-refractivity contribution in [2.24, 2.45) is 0 Å². The first-order valence-electron chi connectivity index (χ1n) is 6.32. The molecule has 0 bridgehead atoms. The molecule has 0 unspecified atom stereocenters. The third-order valence-corrected chi connectivity index (χ3v) is 3.23. The second-order valence-electron chi connectivity index (χ2n) is 4.76. The van der Waals surface area contributed by atoms with Gasteiger partial charge in [0.25, 0.3) is 0 Å². The summed E-state index contributed by atoms with van der Waals surface area (Å²) >= 11 is 5.86. The van der Waals surface area contributed by atoms with Gasteiger partial charge in [0, 0.05) is 12.0 Å². The number of aromatic nitrogens is 2. The van der Waals surface area contributed by atoms with Gasteiger partial charge in [0.1, 0.15) is 16.7 Å². The highest BCUT2D eigenvalue weighted by molar-refractivity contribution is 6.29. The van der Waals surface area contributed by atoms with Gasteiger partial charge in [-0.25, -0.2) is 4.98 Å². The molecule has 0 aliphatic heterocycles. The number of ether oxygens (including phenoxy) is 1. The number of alkyl halides is 3. The summed E-state index contributed by atoms with van der Waals surface area (Å²) in [4.78, 5) is 8.19. The number of hydrogen-bond donors (Lipinski definition) is 0. The fourth-order valence-corrected chi connectivity index (χ4v) is 2.07. The summed E-state index contributed by atoms with van der Waals surface area (Å²) in [5.74, 6) is 0.459. The van der Waals surface area contributed by atoms with E-state index in [0.717, 1.165) is 18.9 Å². The van der Waals surface area contributed by atoms with E-state index in [1.807, 2.05) is 0 Å². The van der Waals surface area contributed by atoms with Crippen molar-refractivity contribution in [3.8, 4) is 11.6 Å². The molecule has 3 nitrogen and oxygen atoms in total. The maximum Gasteiger partial charge on any atom is 0.419 e. The Hall–Kier alpha value is -1.82. The topological polar surface area (TPSA) is 35.0 Å². The molecule has 110 valence electrons. The molecule has 21 heavy (non-hydrogen) atoms. The molecule has 1 aliphatic carbocycles. The van der Waals surface area contributed by atoms with E-state index in [9.17, 15) is 13.2 Å². The molecular formula is C14H10ClF3N2O. The molecule has 0 radical (unpaired) electrons. The Morgan fingerprint density at radius 3 is 2.52 bits per heavy atom. The number of rotatable bonds is 3. The monoisotopic (exact) mass is 314 g/mol. The van der Waals surface area contributed by atoms with Crippen LogP contribution < -0.4 is 4.74 Å². The van der Waals surface area contributed by atoms with Gasteiger partial charge in [-0.3, -0.25) is 0 Å². The zero-order valence-electron chi connectivity index (χ0n) is 10.7. The molecule has 1 saturated carbocycles. The van der Waals surface area contributed by atoms with Gasteiger partial charge < -0.3 is 4.74 Å². The van der Waals surface area contributed by atoms with Gasteiger partial charge in [-0.05, 0) is 25.0 Å². The summed E-state index contributed by atoms with van der Waals surface area (Å²) in [7, 11) is 0. The van der Waals surface area contributed by atoms with Crippen LogP contribution in [0.3, 0.4) is 0 Å². The second kappa shape index (κ2) is 5.18. The van der Waals surface area contributed by atoms with Crippen LogP contribution in [0, 0.1) is 0 Å². The van der Waals surface area contributed by atoms with Crippen molar-refractivity contribution in [3.63, 3.8) is 0 Å². The molecule has 1 aliphatic rings. The zero-order chi connectivity index (χ0) is 15.0. The van der Waals surface area contributed by atoms with Gasteiger partial charge >= 0.3 is 6.18 Å². The van der Waals surface area contributed by atoms with Crippen LogP contribution >= 0.6 is 11.6 Å². The third-order valence-electron chi connectivity index (χ3n) is 3.04. The lowest BCUT2D eigenvalue weighted by Crippen LogP contribution is -2.07. The predicted octanol–water partition coefficient (Wildman–Crippen LogP) is 4.82. The van der Waals surface area contributed by atoms with E-state index in [2.05, 4.69) is 9.97 Å². The average molecular weight is 315 g/mol. The van der Waals surface area contributed by atoms with E-state index in [4.69, 9.17) is 16.3 Å². The summed E-state index contributed by atoms with van der Waals surface area (Å²) in [5.41, 5.74) is -0.854. The number of hydrogen-bond acceptors (Lipinski definition) is 3. The SMILES string of the molecule is FC(F)(F)c1ccccc1Oc1cc(Cl)nc(C2CC2)n1. The largest absolute Gasteiger partial charge is 0.438 e. The Balaban J connectivity index is 1.94. The first-order chi connectivity index (χ1) is 9.93. The molecule has 7 heteroatoms. The summed E-state index contributed by atoms with van der Waals surface area (Å²) in [6.07, 6.45) is -2.58. The predicted molar refractivity (Wildman–Crippen MR) is 70.5 cm³/mol. The first-order valence-corrected chi connectivity index (χ1v) is 6.70. The summed E-state index contributed by atoms with van der Waals surface area (Å²) < 4.78 is 44.0. The van der Waals surface area contributed by atoms with Gasteiger partial charge in [-0.1, -0.05) is 23.7 Å². The first kappa shape index (κ1) is 14.1. The Morgan fingerprint density at radius 1 is 1.14 bits per heavy atom. The molecule has 1 fully saturated rings. The second-order valence-corrected chi connectivity index (χ2v) is 5.14. The normalized spacial score (nSPS) is 15.0. The maximum atomic E-state index is 12.9. The van der Waals surface area contributed by atoms with Gasteiger partial charge in [0.05, 0.1) is 5.56 Å². The molecule has 2 aromatic rings. The summed E-state index contributed by atoms with van der Waals surface area (Å²) in [5, 5.41) is 0.159. The maximum absolute atomic E-state index is 12.9. The van der Waals surface area contributed by atoms with E-state index >= 15 is 0 Å². The Bertz CT molecular complexity index is 672. The van der Waals surface area contributed by atoms with Gasteiger partial charge in [-0.15, -0.1) is 0 Å². The molecule has 1 aromatic heterocycles. The highest BCUT2D eigenvalue weighted by atomic mass is 35.5. The molecule has 0 N–H and O–H groups in total. The van der Waals surface area contributed by atoms with Crippen molar-refractivity contribution in [1.82, 2.24) is 9.97 Å². The van der Waals surface area contributed by atoms with Crippen LogP contribution in [0.1, 0.15) is 30.1 Å². The van der Waals surface area contributed by atoms with Crippen LogP contribution in [0.2, 0.25) is 5.15 Å². The van der Waals surface area contributed by atoms with E-state index in [-0.39, 0.29) is 22.7 Å². The van der Waals surface area contributed by atoms with Crippen molar-refractivity contribution >= 4 is 11.6 Å². The zero-order valence-corrected chi connectivity index (χ0v) is 11.4. The quantitative estimate of drug-likeness (QED) is 0.762. The van der Waals surface area contributed by atoms with Crippen LogP contribution in [-0.2, 0) is 6.18 Å². The molecule has 0 saturated heterocycles. The Kier molecular flexibility index (Phi) is 3.49. The number of para-hydroxylation sites is 1. The fourth-order valence-electron chi connectivity index (χ4n) is 1.89. The Labute approximate surface area is 123 Å². The van der Waals surface area contributed by atoms with Crippen molar-refractivity contribution in [2.45, 2.75) is 24.9 Å². The van der Waals surface area contributed by atoms with Crippen LogP contribution in [0.25, 0.3) is 0 Å². The smallest absolute Gasteiger partial charge is 0.419 e. The minimum atomic E-state index is -4.49. The number of nitrogens with zero attached hydrogens (tertiary/aromatic N) is 2. The lowest BCUT2D eigenvalue weighted by atomic mass is 10.2. The van der Waals surface area contributed by atoms with E-state index in [1.165, 1.54) is 24.3 Å². The van der Waals surface area contributed by atoms with Crippen LogP contribution in [0.4, 0.5) is 13.2 Å². The Morgan fingerprint density at radius 2 is 1.86 bits per heavy atom. The van der Waals surface area contributed by atoms with Crippen LogP contribution in [0.5, 0.6) is 11.6 Å². The lowest BCUT2D eigenvalue weighted by Gasteiger charge is -2.13. The molecule has 1 aromatic carbocycles. The molecular weight excluding hydrogens is 305 g/mol. The minimum Gasteiger partial charge on any atom is -0.438 e. The minimum absolute atomic E-state index is 0.0219. The van der Waals surface area contributed by atoms with Crippen LogP contribution in [-0.4, -0.2) is 9.97 Å². The van der Waals surface area contributed by atoms with Crippen molar-refractivity contribution in [1.29, 1.82) is 0 Å². The van der Waals surface area contributed by atoms with Crippen molar-refractivity contribution < 1.29 is 17.9 Å². The van der Waals surface area contributed by atoms with Crippen LogP contribution in [0.15, 0.2) is 30.3 Å². The molecule has 0 amide bonds. The molecule has 1 heterocycles. The lowest BCUT2D eigenvalue weighted by molar-refractivity contribution is -0.138. The van der Waals surface area contributed by atoms with Gasteiger partial charge in [0.15, 0.2) is 0 Å².